The molecule has 0 aliphatic carbocycles. The van der Waals surface area contributed by atoms with Crippen molar-refractivity contribution in [2.45, 2.75) is 45.4 Å². The van der Waals surface area contributed by atoms with Gasteiger partial charge in [-0.1, -0.05) is 30.3 Å². The Balaban J connectivity index is 1.90. The third-order valence-corrected chi connectivity index (χ3v) is 4.54. The van der Waals surface area contributed by atoms with Crippen molar-refractivity contribution in [3.05, 3.63) is 72.2 Å². The molecule has 0 saturated heterocycles. The minimum absolute atomic E-state index is 0.0538. The zero-order valence-electron chi connectivity index (χ0n) is 18.0. The van der Waals surface area contributed by atoms with Crippen LogP contribution in [0.4, 0.5) is 0 Å². The summed E-state index contributed by atoms with van der Waals surface area (Å²) < 4.78 is 12.5. The molecule has 0 fully saturated rings. The summed E-state index contributed by atoms with van der Waals surface area (Å²) in [6, 6.07) is 17.3. The van der Waals surface area contributed by atoms with Crippen LogP contribution in [-0.4, -0.2) is 28.2 Å². The molecule has 6 nitrogen and oxygen atoms in total. The molecular weight excluding hydrogens is 378 g/mol. The van der Waals surface area contributed by atoms with E-state index in [9.17, 15) is 4.79 Å². The van der Waals surface area contributed by atoms with Gasteiger partial charge in [-0.2, -0.15) is 0 Å². The lowest BCUT2D eigenvalue weighted by Gasteiger charge is -2.20. The van der Waals surface area contributed by atoms with Crippen molar-refractivity contribution in [2.24, 2.45) is 5.73 Å². The van der Waals surface area contributed by atoms with E-state index in [-0.39, 0.29) is 18.6 Å². The fraction of sp³-hybridized carbons (Fsp3) is 0.333. The maximum Gasteiger partial charge on any atom is 0.326 e. The molecule has 3 rings (SSSR count). The lowest BCUT2D eigenvalue weighted by atomic mass is 10.1. The van der Waals surface area contributed by atoms with Gasteiger partial charge in [-0.05, 0) is 57.0 Å². The Morgan fingerprint density at radius 2 is 1.77 bits per heavy atom. The summed E-state index contributed by atoms with van der Waals surface area (Å²) in [5, 5.41) is 0. The topological polar surface area (TPSA) is 79.4 Å². The quantitative estimate of drug-likeness (QED) is 0.596. The number of hydrogen-bond donors (Lipinski definition) is 1. The van der Waals surface area contributed by atoms with Crippen LogP contribution in [0.3, 0.4) is 0 Å². The number of hydrogen-bond acceptors (Lipinski definition) is 5. The van der Waals surface area contributed by atoms with Gasteiger partial charge in [-0.3, -0.25) is 4.79 Å². The Bertz CT molecular complexity index is 973. The van der Waals surface area contributed by atoms with Gasteiger partial charge < -0.3 is 19.8 Å². The Morgan fingerprint density at radius 1 is 1.10 bits per heavy atom. The van der Waals surface area contributed by atoms with Gasteiger partial charge in [-0.15, -0.1) is 0 Å². The highest BCUT2D eigenvalue weighted by molar-refractivity contribution is 5.70. The smallest absolute Gasteiger partial charge is 0.326 e. The van der Waals surface area contributed by atoms with Crippen molar-refractivity contribution in [1.29, 1.82) is 0 Å². The Labute approximate surface area is 177 Å². The van der Waals surface area contributed by atoms with E-state index in [1.165, 1.54) is 0 Å². The third kappa shape index (κ3) is 5.70. The van der Waals surface area contributed by atoms with Crippen LogP contribution < -0.4 is 10.5 Å². The third-order valence-electron chi connectivity index (χ3n) is 4.54. The lowest BCUT2D eigenvalue weighted by molar-refractivity contribution is -0.155. The second-order valence-electron chi connectivity index (χ2n) is 8.22. The second-order valence-corrected chi connectivity index (χ2v) is 8.22. The minimum Gasteiger partial charge on any atom is -0.497 e. The van der Waals surface area contributed by atoms with E-state index < -0.39 is 5.60 Å². The minimum atomic E-state index is -0.553. The standard InChI is InChI=1S/C24H29N3O3/c1-24(2,3)30-22(28)16-27-15-21(18-10-12-19(29-4)13-11-18)26-23(27)20(25)14-17-8-6-5-7-9-17/h5-13,15,20H,14,16,25H2,1-4H3. The maximum absolute atomic E-state index is 12.5. The maximum atomic E-state index is 12.5. The number of ether oxygens (including phenoxy) is 2. The zero-order valence-corrected chi connectivity index (χ0v) is 18.0. The lowest BCUT2D eigenvalue weighted by Crippen LogP contribution is -2.28. The number of carbonyl (C=O) groups excluding carboxylic acids is 1. The molecule has 0 bridgehead atoms. The normalized spacial score (nSPS) is 12.4. The Hall–Kier alpha value is -3.12. The van der Waals surface area contributed by atoms with Crippen molar-refractivity contribution < 1.29 is 14.3 Å². The number of rotatable bonds is 7. The van der Waals surface area contributed by atoms with E-state index in [0.29, 0.717) is 12.2 Å². The molecular formula is C24H29N3O3. The Kier molecular flexibility index (Phi) is 6.57. The molecule has 2 N–H and O–H groups in total. The van der Waals surface area contributed by atoms with E-state index in [0.717, 1.165) is 22.6 Å². The van der Waals surface area contributed by atoms with Gasteiger partial charge in [-0.25, -0.2) is 4.98 Å². The first-order chi connectivity index (χ1) is 14.2. The number of aromatic nitrogens is 2. The largest absolute Gasteiger partial charge is 0.497 e. The van der Waals surface area contributed by atoms with Crippen molar-refractivity contribution in [2.75, 3.05) is 7.11 Å². The molecule has 0 aliphatic rings. The van der Waals surface area contributed by atoms with Crippen LogP contribution in [0.15, 0.2) is 60.8 Å². The highest BCUT2D eigenvalue weighted by Crippen LogP contribution is 2.25. The molecule has 1 aromatic heterocycles. The Morgan fingerprint density at radius 3 is 2.37 bits per heavy atom. The zero-order chi connectivity index (χ0) is 21.7. The number of esters is 1. The number of imidazole rings is 1. The summed E-state index contributed by atoms with van der Waals surface area (Å²) in [6.45, 7) is 5.61. The van der Waals surface area contributed by atoms with Crippen molar-refractivity contribution in [1.82, 2.24) is 9.55 Å². The van der Waals surface area contributed by atoms with Gasteiger partial charge in [0.2, 0.25) is 0 Å². The van der Waals surface area contributed by atoms with Crippen LogP contribution in [0.2, 0.25) is 0 Å². The summed E-state index contributed by atoms with van der Waals surface area (Å²) in [5.41, 5.74) is 8.75. The van der Waals surface area contributed by atoms with E-state index in [2.05, 4.69) is 0 Å². The van der Waals surface area contributed by atoms with Gasteiger partial charge in [0.25, 0.3) is 0 Å². The van der Waals surface area contributed by atoms with Crippen LogP contribution in [0.5, 0.6) is 5.75 Å². The van der Waals surface area contributed by atoms with Crippen LogP contribution in [-0.2, 0) is 22.5 Å². The molecule has 0 saturated carbocycles. The van der Waals surface area contributed by atoms with Crippen LogP contribution in [0, 0.1) is 0 Å². The van der Waals surface area contributed by atoms with Crippen molar-refractivity contribution in [3.8, 4) is 17.0 Å². The molecule has 3 aromatic rings. The molecule has 2 aromatic carbocycles. The van der Waals surface area contributed by atoms with Gasteiger partial charge in [0, 0.05) is 11.8 Å². The van der Waals surface area contributed by atoms with Gasteiger partial charge in [0.15, 0.2) is 0 Å². The number of carbonyl (C=O) groups is 1. The van der Waals surface area contributed by atoms with Gasteiger partial charge in [0.1, 0.15) is 23.7 Å². The monoisotopic (exact) mass is 407 g/mol. The highest BCUT2D eigenvalue weighted by Gasteiger charge is 2.21. The SMILES string of the molecule is COc1ccc(-c2cn(CC(=O)OC(C)(C)C)c(C(N)Cc3ccccc3)n2)cc1. The summed E-state index contributed by atoms with van der Waals surface area (Å²) in [6.07, 6.45) is 2.47. The molecule has 1 atom stereocenters. The predicted molar refractivity (Wildman–Crippen MR) is 117 cm³/mol. The second kappa shape index (κ2) is 9.13. The predicted octanol–water partition coefficient (Wildman–Crippen LogP) is 4.14. The van der Waals surface area contributed by atoms with Crippen LogP contribution >= 0.6 is 0 Å². The summed E-state index contributed by atoms with van der Waals surface area (Å²) in [4.78, 5) is 17.2. The number of nitrogens with zero attached hydrogens (tertiary/aromatic N) is 2. The highest BCUT2D eigenvalue weighted by atomic mass is 16.6. The van der Waals surface area contributed by atoms with Crippen LogP contribution in [0.1, 0.15) is 38.2 Å². The van der Waals surface area contributed by atoms with E-state index in [1.807, 2.05) is 81.6 Å². The van der Waals surface area contributed by atoms with E-state index >= 15 is 0 Å². The fourth-order valence-corrected chi connectivity index (χ4v) is 3.23. The first-order valence-corrected chi connectivity index (χ1v) is 9.98. The van der Waals surface area contributed by atoms with E-state index in [1.54, 1.807) is 11.7 Å². The molecule has 30 heavy (non-hydrogen) atoms. The van der Waals surface area contributed by atoms with Gasteiger partial charge >= 0.3 is 5.97 Å². The van der Waals surface area contributed by atoms with Crippen LogP contribution in [0.25, 0.3) is 11.3 Å². The summed E-state index contributed by atoms with van der Waals surface area (Å²) in [5.74, 6) is 1.10. The number of benzene rings is 2. The molecule has 0 spiro atoms. The van der Waals surface area contributed by atoms with Crippen molar-refractivity contribution in [3.63, 3.8) is 0 Å². The number of methoxy groups -OCH3 is 1. The summed E-state index contributed by atoms with van der Waals surface area (Å²) >= 11 is 0. The van der Waals surface area contributed by atoms with E-state index in [4.69, 9.17) is 20.2 Å². The molecule has 6 heteroatoms. The first-order valence-electron chi connectivity index (χ1n) is 9.98. The molecule has 0 aliphatic heterocycles. The average molecular weight is 408 g/mol. The fourth-order valence-electron chi connectivity index (χ4n) is 3.23. The molecule has 158 valence electrons. The van der Waals surface area contributed by atoms with Gasteiger partial charge in [0.05, 0.1) is 18.8 Å². The molecule has 0 radical (unpaired) electrons. The summed E-state index contributed by atoms with van der Waals surface area (Å²) in [7, 11) is 1.63. The first kappa shape index (κ1) is 21.6. The molecule has 1 unspecified atom stereocenters. The number of nitrogens with two attached hydrogens (primary N) is 1. The average Bonchev–Trinajstić information content (AvgIpc) is 3.11. The van der Waals surface area contributed by atoms with Crippen molar-refractivity contribution >= 4 is 5.97 Å². The molecule has 1 heterocycles. The molecule has 0 amide bonds.